The van der Waals surface area contributed by atoms with Gasteiger partial charge in [0.05, 0.1) is 6.42 Å². The maximum Gasteiger partial charge on any atom is 0.143 e. The van der Waals surface area contributed by atoms with Gasteiger partial charge in [0.15, 0.2) is 0 Å². The molecule has 2 rings (SSSR count). The van der Waals surface area contributed by atoms with E-state index in [9.17, 15) is 4.79 Å². The largest absolute Gasteiger partial charge is 0.299 e. The van der Waals surface area contributed by atoms with E-state index in [1.807, 2.05) is 7.05 Å². The Hall–Kier alpha value is -1.19. The number of carbonyl (C=O) groups is 1. The van der Waals surface area contributed by atoms with Gasteiger partial charge in [-0.2, -0.15) is 5.10 Å². The molecule has 0 unspecified atom stereocenters. The Kier molecular flexibility index (Phi) is 1.67. The summed E-state index contributed by atoms with van der Waals surface area (Å²) in [4.78, 5) is 15.3. The highest BCUT2D eigenvalue weighted by Crippen LogP contribution is 2.30. The number of rotatable bonds is 3. The highest BCUT2D eigenvalue weighted by atomic mass is 16.1. The molecule has 0 amide bonds. The molecule has 1 aromatic heterocycles. The van der Waals surface area contributed by atoms with Crippen molar-refractivity contribution in [3.05, 3.63) is 12.2 Å². The zero-order valence-corrected chi connectivity index (χ0v) is 7.03. The smallest absolute Gasteiger partial charge is 0.143 e. The maximum absolute atomic E-state index is 11.3. The second kappa shape index (κ2) is 2.69. The van der Waals surface area contributed by atoms with Crippen molar-refractivity contribution < 1.29 is 4.79 Å². The van der Waals surface area contributed by atoms with Gasteiger partial charge in [-0.25, -0.2) is 4.98 Å². The Morgan fingerprint density at radius 2 is 2.50 bits per heavy atom. The third-order valence-corrected chi connectivity index (χ3v) is 2.17. The molecule has 1 heterocycles. The van der Waals surface area contributed by atoms with Crippen molar-refractivity contribution in [1.29, 1.82) is 0 Å². The predicted octanol–water partition coefficient (Wildman–Crippen LogP) is 0.337. The molecule has 1 aromatic rings. The molecule has 0 spiro atoms. The van der Waals surface area contributed by atoms with Crippen molar-refractivity contribution in [1.82, 2.24) is 14.8 Å². The second-order valence-electron chi connectivity index (χ2n) is 3.22. The summed E-state index contributed by atoms with van der Waals surface area (Å²) in [5.41, 5.74) is 0. The van der Waals surface area contributed by atoms with Gasteiger partial charge < -0.3 is 0 Å². The zero-order valence-electron chi connectivity index (χ0n) is 7.03. The number of carbonyl (C=O) groups excluding carboxylic acids is 1. The number of aryl methyl sites for hydroxylation is 1. The zero-order chi connectivity index (χ0) is 8.55. The molecule has 0 radical (unpaired) electrons. The predicted molar refractivity (Wildman–Crippen MR) is 42.4 cm³/mol. The Labute approximate surface area is 70.6 Å². The van der Waals surface area contributed by atoms with Crippen molar-refractivity contribution in [3.8, 4) is 0 Å². The lowest BCUT2D eigenvalue weighted by molar-refractivity contribution is -0.119. The number of nitrogens with zero attached hydrogens (tertiary/aromatic N) is 3. The number of Topliss-reactive ketones (excluding diaryl/α,β-unsaturated/α-hetero) is 1. The topological polar surface area (TPSA) is 47.8 Å². The minimum absolute atomic E-state index is 0.311. The summed E-state index contributed by atoms with van der Waals surface area (Å²) in [6.07, 6.45) is 4.06. The van der Waals surface area contributed by atoms with Crippen LogP contribution in [0.3, 0.4) is 0 Å². The van der Waals surface area contributed by atoms with E-state index in [4.69, 9.17) is 0 Å². The van der Waals surface area contributed by atoms with Gasteiger partial charge in [0.2, 0.25) is 0 Å². The van der Waals surface area contributed by atoms with Crippen molar-refractivity contribution in [2.24, 2.45) is 13.0 Å². The van der Waals surface area contributed by atoms with E-state index >= 15 is 0 Å². The number of hydrogen-bond acceptors (Lipinski definition) is 3. The summed E-state index contributed by atoms with van der Waals surface area (Å²) in [5, 5.41) is 3.90. The van der Waals surface area contributed by atoms with Gasteiger partial charge >= 0.3 is 0 Å². The normalized spacial score (nSPS) is 16.4. The average Bonchev–Trinajstić information content (AvgIpc) is 2.80. The van der Waals surface area contributed by atoms with Gasteiger partial charge in [-0.15, -0.1) is 0 Å². The maximum atomic E-state index is 11.3. The Morgan fingerprint density at radius 1 is 1.75 bits per heavy atom. The average molecular weight is 165 g/mol. The third kappa shape index (κ3) is 1.37. The molecule has 0 aromatic carbocycles. The van der Waals surface area contributed by atoms with Crippen LogP contribution in [0.5, 0.6) is 0 Å². The van der Waals surface area contributed by atoms with Gasteiger partial charge in [-0.1, -0.05) is 0 Å². The molecule has 0 bridgehead atoms. The molecule has 12 heavy (non-hydrogen) atoms. The van der Waals surface area contributed by atoms with Crippen LogP contribution in [-0.4, -0.2) is 20.5 Å². The molecule has 1 aliphatic rings. The first-order valence-corrected chi connectivity index (χ1v) is 4.13. The summed E-state index contributed by atoms with van der Waals surface area (Å²) in [6.45, 7) is 0. The summed E-state index contributed by atoms with van der Waals surface area (Å²) in [5.74, 6) is 1.40. The molecule has 0 atom stereocenters. The summed E-state index contributed by atoms with van der Waals surface area (Å²) in [7, 11) is 1.81. The van der Waals surface area contributed by atoms with E-state index in [2.05, 4.69) is 10.1 Å². The molecule has 1 fully saturated rings. The van der Waals surface area contributed by atoms with Gasteiger partial charge in [-0.3, -0.25) is 9.48 Å². The SMILES string of the molecule is Cn1ncnc1CC(=O)C1CC1. The number of aromatic nitrogens is 3. The van der Waals surface area contributed by atoms with Crippen molar-refractivity contribution in [3.63, 3.8) is 0 Å². The fourth-order valence-corrected chi connectivity index (χ4v) is 1.19. The molecule has 1 saturated carbocycles. The second-order valence-corrected chi connectivity index (χ2v) is 3.22. The minimum atomic E-state index is 0.311. The van der Waals surface area contributed by atoms with Crippen LogP contribution in [0.4, 0.5) is 0 Å². The van der Waals surface area contributed by atoms with Gasteiger partial charge in [-0.05, 0) is 12.8 Å². The molecule has 0 N–H and O–H groups in total. The first-order valence-electron chi connectivity index (χ1n) is 4.13. The van der Waals surface area contributed by atoms with E-state index in [-0.39, 0.29) is 0 Å². The third-order valence-electron chi connectivity index (χ3n) is 2.17. The van der Waals surface area contributed by atoms with Gasteiger partial charge in [0.1, 0.15) is 17.9 Å². The highest BCUT2D eigenvalue weighted by Gasteiger charge is 2.29. The fourth-order valence-electron chi connectivity index (χ4n) is 1.19. The van der Waals surface area contributed by atoms with Crippen LogP contribution < -0.4 is 0 Å². The van der Waals surface area contributed by atoms with Crippen LogP contribution in [-0.2, 0) is 18.3 Å². The molecule has 0 aliphatic heterocycles. The van der Waals surface area contributed by atoms with E-state index < -0.39 is 0 Å². The number of hydrogen-bond donors (Lipinski definition) is 0. The molecule has 64 valence electrons. The molecule has 4 nitrogen and oxygen atoms in total. The van der Waals surface area contributed by atoms with Crippen molar-refractivity contribution >= 4 is 5.78 Å². The first-order chi connectivity index (χ1) is 5.77. The van der Waals surface area contributed by atoms with Crippen LogP contribution in [0, 0.1) is 5.92 Å². The Morgan fingerprint density at radius 3 is 3.00 bits per heavy atom. The highest BCUT2D eigenvalue weighted by molar-refractivity contribution is 5.84. The van der Waals surface area contributed by atoms with E-state index in [0.717, 1.165) is 18.7 Å². The van der Waals surface area contributed by atoms with Crippen molar-refractivity contribution in [2.75, 3.05) is 0 Å². The fraction of sp³-hybridized carbons (Fsp3) is 0.625. The van der Waals surface area contributed by atoms with Crippen LogP contribution in [0.25, 0.3) is 0 Å². The first kappa shape index (κ1) is 7.46. The van der Waals surface area contributed by atoms with Crippen LogP contribution in [0.15, 0.2) is 6.33 Å². The standard InChI is InChI=1S/C8H11N3O/c1-11-8(9-5-10-11)4-7(12)6-2-3-6/h5-6H,2-4H2,1H3. The van der Waals surface area contributed by atoms with Crippen LogP contribution in [0.2, 0.25) is 0 Å². The lowest BCUT2D eigenvalue weighted by atomic mass is 10.2. The molecule has 1 aliphatic carbocycles. The Bertz CT molecular complexity index is 301. The summed E-state index contributed by atoms with van der Waals surface area (Å²) in [6, 6.07) is 0. The Balaban J connectivity index is 2.02. The quantitative estimate of drug-likeness (QED) is 0.648. The van der Waals surface area contributed by atoms with Gasteiger partial charge in [0.25, 0.3) is 0 Å². The van der Waals surface area contributed by atoms with E-state index in [1.54, 1.807) is 4.68 Å². The van der Waals surface area contributed by atoms with Gasteiger partial charge in [0, 0.05) is 13.0 Å². The lowest BCUT2D eigenvalue weighted by Crippen LogP contribution is -2.09. The molecular formula is C8H11N3O. The molecule has 4 heteroatoms. The monoisotopic (exact) mass is 165 g/mol. The van der Waals surface area contributed by atoms with Crippen LogP contribution >= 0.6 is 0 Å². The summed E-state index contributed by atoms with van der Waals surface area (Å²) < 4.78 is 1.65. The molecular weight excluding hydrogens is 154 g/mol. The summed E-state index contributed by atoms with van der Waals surface area (Å²) >= 11 is 0. The molecule has 0 saturated heterocycles. The number of ketones is 1. The van der Waals surface area contributed by atoms with Crippen LogP contribution in [0.1, 0.15) is 18.7 Å². The van der Waals surface area contributed by atoms with E-state index in [0.29, 0.717) is 18.1 Å². The minimum Gasteiger partial charge on any atom is -0.299 e. The van der Waals surface area contributed by atoms with Crippen molar-refractivity contribution in [2.45, 2.75) is 19.3 Å². The lowest BCUT2D eigenvalue weighted by Gasteiger charge is -1.97. The van der Waals surface area contributed by atoms with E-state index in [1.165, 1.54) is 6.33 Å².